The number of ether oxygens (including phenoxy) is 3. The second kappa shape index (κ2) is 10.1. The number of methoxy groups -OCH3 is 1. The van der Waals surface area contributed by atoms with Gasteiger partial charge in [0.25, 0.3) is 0 Å². The molecule has 2 aliphatic heterocycles. The van der Waals surface area contributed by atoms with Crippen molar-refractivity contribution in [3.8, 4) is 0 Å². The highest BCUT2D eigenvalue weighted by Gasteiger charge is 2.37. The van der Waals surface area contributed by atoms with Crippen LogP contribution in [0, 0.1) is 0 Å². The second-order valence-electron chi connectivity index (χ2n) is 7.31. The van der Waals surface area contributed by atoms with Gasteiger partial charge in [-0.05, 0) is 31.5 Å². The number of carbonyl (C=O) groups is 2. The Labute approximate surface area is 182 Å². The summed E-state index contributed by atoms with van der Waals surface area (Å²) in [7, 11) is 1.34. The SMILES string of the molecule is COC(=O)C1=C(C)NC(C)=C(C(=O)OCCN2CCOCC2)C1c1ccc(S)cc1. The number of esters is 2. The fourth-order valence-corrected chi connectivity index (χ4v) is 3.96. The molecular formula is C22H28N2O5S. The Hall–Kier alpha value is -2.29. The molecule has 0 aliphatic carbocycles. The molecule has 0 spiro atoms. The third-order valence-electron chi connectivity index (χ3n) is 5.36. The summed E-state index contributed by atoms with van der Waals surface area (Å²) >= 11 is 4.34. The number of hydrogen-bond acceptors (Lipinski definition) is 8. The molecule has 7 nitrogen and oxygen atoms in total. The molecule has 1 atom stereocenters. The first-order chi connectivity index (χ1) is 14.4. The molecule has 1 unspecified atom stereocenters. The predicted molar refractivity (Wildman–Crippen MR) is 115 cm³/mol. The maximum atomic E-state index is 13.1. The van der Waals surface area contributed by atoms with Crippen molar-refractivity contribution in [2.45, 2.75) is 24.7 Å². The quantitative estimate of drug-likeness (QED) is 0.527. The third kappa shape index (κ3) is 5.06. The number of thiol groups is 1. The van der Waals surface area contributed by atoms with Crippen LogP contribution in [0.3, 0.4) is 0 Å². The van der Waals surface area contributed by atoms with E-state index in [1.165, 1.54) is 7.11 Å². The molecule has 3 rings (SSSR count). The van der Waals surface area contributed by atoms with Gasteiger partial charge in [0.15, 0.2) is 0 Å². The van der Waals surface area contributed by atoms with Crippen molar-refractivity contribution < 1.29 is 23.8 Å². The highest BCUT2D eigenvalue weighted by molar-refractivity contribution is 7.80. The predicted octanol–water partition coefficient (Wildman–Crippen LogP) is 2.26. The highest BCUT2D eigenvalue weighted by atomic mass is 32.1. The number of hydrogen-bond donors (Lipinski definition) is 2. The Morgan fingerprint density at radius 3 is 2.30 bits per heavy atom. The molecular weight excluding hydrogens is 404 g/mol. The van der Waals surface area contributed by atoms with Crippen molar-refractivity contribution in [3.63, 3.8) is 0 Å². The lowest BCUT2D eigenvalue weighted by Gasteiger charge is -2.31. The lowest BCUT2D eigenvalue weighted by molar-refractivity contribution is -0.140. The van der Waals surface area contributed by atoms with Gasteiger partial charge in [0.1, 0.15) is 6.61 Å². The molecule has 0 bridgehead atoms. The van der Waals surface area contributed by atoms with E-state index >= 15 is 0 Å². The summed E-state index contributed by atoms with van der Waals surface area (Å²) in [5.41, 5.74) is 2.93. The van der Waals surface area contributed by atoms with Gasteiger partial charge < -0.3 is 19.5 Å². The zero-order valence-electron chi connectivity index (χ0n) is 17.6. The van der Waals surface area contributed by atoms with Crippen LogP contribution in [0.15, 0.2) is 51.7 Å². The smallest absolute Gasteiger partial charge is 0.336 e. The van der Waals surface area contributed by atoms with Gasteiger partial charge in [-0.2, -0.15) is 0 Å². The van der Waals surface area contributed by atoms with E-state index in [1.54, 1.807) is 6.92 Å². The highest BCUT2D eigenvalue weighted by Crippen LogP contribution is 2.39. The lowest BCUT2D eigenvalue weighted by atomic mass is 9.80. The van der Waals surface area contributed by atoms with Gasteiger partial charge in [0, 0.05) is 35.9 Å². The van der Waals surface area contributed by atoms with Gasteiger partial charge in [0.05, 0.1) is 37.4 Å². The molecule has 30 heavy (non-hydrogen) atoms. The van der Waals surface area contributed by atoms with E-state index in [0.29, 0.717) is 42.3 Å². The van der Waals surface area contributed by atoms with E-state index in [4.69, 9.17) is 14.2 Å². The van der Waals surface area contributed by atoms with E-state index < -0.39 is 17.9 Å². The Kier molecular flexibility index (Phi) is 7.58. The van der Waals surface area contributed by atoms with Crippen LogP contribution in [-0.4, -0.2) is 63.4 Å². The number of morpholine rings is 1. The van der Waals surface area contributed by atoms with E-state index in [9.17, 15) is 9.59 Å². The van der Waals surface area contributed by atoms with Crippen LogP contribution >= 0.6 is 12.6 Å². The number of allylic oxidation sites excluding steroid dienone is 2. The van der Waals surface area contributed by atoms with Gasteiger partial charge in [-0.25, -0.2) is 9.59 Å². The number of nitrogens with one attached hydrogen (secondary N) is 1. The summed E-state index contributed by atoms with van der Waals surface area (Å²) in [6.07, 6.45) is 0. The summed E-state index contributed by atoms with van der Waals surface area (Å²) in [6, 6.07) is 7.40. The first kappa shape index (κ1) is 22.4. The van der Waals surface area contributed by atoms with Gasteiger partial charge >= 0.3 is 11.9 Å². The van der Waals surface area contributed by atoms with Crippen molar-refractivity contribution >= 4 is 24.6 Å². The Balaban J connectivity index is 1.85. The molecule has 0 amide bonds. The molecule has 0 saturated carbocycles. The van der Waals surface area contributed by atoms with Crippen molar-refractivity contribution in [3.05, 3.63) is 52.4 Å². The fraction of sp³-hybridized carbons (Fsp3) is 0.455. The first-order valence-corrected chi connectivity index (χ1v) is 10.4. The molecule has 0 radical (unpaired) electrons. The van der Waals surface area contributed by atoms with Crippen molar-refractivity contribution in [2.75, 3.05) is 46.6 Å². The molecule has 2 aliphatic rings. The van der Waals surface area contributed by atoms with E-state index in [1.807, 2.05) is 31.2 Å². The summed E-state index contributed by atoms with van der Waals surface area (Å²) in [6.45, 7) is 7.57. The summed E-state index contributed by atoms with van der Waals surface area (Å²) in [5, 5.41) is 3.14. The third-order valence-corrected chi connectivity index (χ3v) is 5.65. The number of rotatable bonds is 6. The van der Waals surface area contributed by atoms with E-state index in [-0.39, 0.29) is 6.61 Å². The zero-order chi connectivity index (χ0) is 21.7. The van der Waals surface area contributed by atoms with Crippen LogP contribution in [0.25, 0.3) is 0 Å². The Bertz CT molecular complexity index is 857. The maximum Gasteiger partial charge on any atom is 0.336 e. The molecule has 1 aromatic rings. The summed E-state index contributed by atoms with van der Waals surface area (Å²) < 4.78 is 16.0. The molecule has 1 fully saturated rings. The molecule has 1 saturated heterocycles. The van der Waals surface area contributed by atoms with Crippen molar-refractivity contribution in [2.24, 2.45) is 0 Å². The molecule has 1 aromatic carbocycles. The van der Waals surface area contributed by atoms with Crippen LogP contribution in [0.5, 0.6) is 0 Å². The van der Waals surface area contributed by atoms with Crippen LogP contribution in [0.4, 0.5) is 0 Å². The van der Waals surface area contributed by atoms with Crippen molar-refractivity contribution in [1.82, 2.24) is 10.2 Å². The van der Waals surface area contributed by atoms with Gasteiger partial charge in [-0.15, -0.1) is 12.6 Å². The average Bonchev–Trinajstić information content (AvgIpc) is 2.74. The fourth-order valence-electron chi connectivity index (χ4n) is 3.82. The van der Waals surface area contributed by atoms with Crippen LogP contribution in [0.2, 0.25) is 0 Å². The molecule has 0 aromatic heterocycles. The van der Waals surface area contributed by atoms with Gasteiger partial charge in [-0.1, -0.05) is 12.1 Å². The van der Waals surface area contributed by atoms with Crippen molar-refractivity contribution in [1.29, 1.82) is 0 Å². The first-order valence-electron chi connectivity index (χ1n) is 9.95. The normalized spacial score (nSPS) is 20.1. The topological polar surface area (TPSA) is 77.1 Å². The monoisotopic (exact) mass is 432 g/mol. The summed E-state index contributed by atoms with van der Waals surface area (Å²) in [5.74, 6) is -1.50. The van der Waals surface area contributed by atoms with Crippen LogP contribution in [-0.2, 0) is 23.8 Å². The number of nitrogens with zero attached hydrogens (tertiary/aromatic N) is 1. The summed E-state index contributed by atoms with van der Waals surface area (Å²) in [4.78, 5) is 28.7. The van der Waals surface area contributed by atoms with Crippen LogP contribution < -0.4 is 5.32 Å². The standard InChI is InChI=1S/C22H28N2O5S/c1-14-18(21(25)27-3)20(16-4-6-17(30)7-5-16)19(15(2)23-14)22(26)29-13-10-24-8-11-28-12-9-24/h4-7,20,23,30H,8-13H2,1-3H3. The molecule has 2 heterocycles. The number of carbonyl (C=O) groups excluding carboxylic acids is 2. The average molecular weight is 433 g/mol. The Morgan fingerprint density at radius 1 is 1.10 bits per heavy atom. The minimum Gasteiger partial charge on any atom is -0.466 e. The minimum absolute atomic E-state index is 0.272. The molecule has 8 heteroatoms. The van der Waals surface area contributed by atoms with Gasteiger partial charge in [-0.3, -0.25) is 4.90 Å². The maximum absolute atomic E-state index is 13.1. The molecule has 1 N–H and O–H groups in total. The van der Waals surface area contributed by atoms with E-state index in [2.05, 4.69) is 22.8 Å². The lowest BCUT2D eigenvalue weighted by Crippen LogP contribution is -2.39. The zero-order valence-corrected chi connectivity index (χ0v) is 18.5. The Morgan fingerprint density at radius 2 is 1.70 bits per heavy atom. The second-order valence-corrected chi connectivity index (χ2v) is 7.82. The van der Waals surface area contributed by atoms with E-state index in [0.717, 1.165) is 23.5 Å². The van der Waals surface area contributed by atoms with Gasteiger partial charge in [0.2, 0.25) is 0 Å². The number of benzene rings is 1. The minimum atomic E-state index is -0.580. The number of dihydropyridines is 1. The largest absolute Gasteiger partial charge is 0.466 e. The van der Waals surface area contributed by atoms with Crippen LogP contribution in [0.1, 0.15) is 25.3 Å². The molecule has 162 valence electrons.